The van der Waals surface area contributed by atoms with Gasteiger partial charge in [-0.1, -0.05) is 0 Å². The van der Waals surface area contributed by atoms with Crippen molar-refractivity contribution in [1.29, 1.82) is 0 Å². The fraction of sp³-hybridized carbons (Fsp3) is 1.00. The Kier molecular flexibility index (Phi) is 10.2. The predicted molar refractivity (Wildman–Crippen MR) is 31.5 cm³/mol. The van der Waals surface area contributed by atoms with E-state index in [0.29, 0.717) is 0 Å². The average molecular weight is 116 g/mol. The summed E-state index contributed by atoms with van der Waals surface area (Å²) in [5.41, 5.74) is 0. The molecule has 2 nitrogen and oxygen atoms in total. The third kappa shape index (κ3) is 6.69. The van der Waals surface area contributed by atoms with Gasteiger partial charge in [0.25, 0.3) is 0 Å². The van der Waals surface area contributed by atoms with E-state index in [1.807, 2.05) is 0 Å². The first-order valence-electron chi connectivity index (χ1n) is 1.95. The Balaban J connectivity index is -0.0000000417. The van der Waals surface area contributed by atoms with E-state index in [-0.39, 0.29) is 38.6 Å². The van der Waals surface area contributed by atoms with Crippen LogP contribution in [0.2, 0.25) is 0 Å². The van der Waals surface area contributed by atoms with Crippen LogP contribution in [0, 0.1) is 0 Å². The van der Waals surface area contributed by atoms with Gasteiger partial charge >= 0.3 is 23.1 Å². The molecule has 42 valence electrons. The van der Waals surface area contributed by atoms with Crippen LogP contribution in [0.15, 0.2) is 0 Å². The second kappa shape index (κ2) is 6.69. The number of hydrogen-bond acceptors (Lipinski definition) is 2. The fourth-order valence-corrected chi connectivity index (χ4v) is 0.0745. The first-order chi connectivity index (χ1) is 2.81. The minimum absolute atomic E-state index is 0. The van der Waals surface area contributed by atoms with Gasteiger partial charge in [-0.05, 0) is 6.92 Å². The minimum atomic E-state index is -0.00926. The molecule has 0 aromatic heterocycles. The quantitative estimate of drug-likeness (QED) is 0.509. The monoisotopic (exact) mass is 116 g/mol. The molecule has 1 atom stereocenters. The zero-order valence-electron chi connectivity index (χ0n) is 6.85. The molecular formula is C4H12MgO2. The van der Waals surface area contributed by atoms with Gasteiger partial charge in [-0.15, -0.1) is 0 Å². The number of rotatable bonds is 2. The van der Waals surface area contributed by atoms with Crippen LogP contribution < -0.4 is 0 Å². The van der Waals surface area contributed by atoms with E-state index in [1.165, 1.54) is 0 Å². The first-order valence-corrected chi connectivity index (χ1v) is 1.95. The molecule has 0 saturated carbocycles. The summed E-state index contributed by atoms with van der Waals surface area (Å²) in [4.78, 5) is 0. The second-order valence-electron chi connectivity index (χ2n) is 1.23. The van der Waals surface area contributed by atoms with E-state index in [9.17, 15) is 0 Å². The molecule has 1 N–H and O–H groups in total. The van der Waals surface area contributed by atoms with Gasteiger partial charge in [-0.2, -0.15) is 0 Å². The number of hydrogen-bond donors (Lipinski definition) is 1. The van der Waals surface area contributed by atoms with Crippen LogP contribution in [0.25, 0.3) is 0 Å². The molecule has 1 unspecified atom stereocenters. The smallest absolute Gasteiger partial charge is 1.00 e. The van der Waals surface area contributed by atoms with Gasteiger partial charge < -0.3 is 12.7 Å². The van der Waals surface area contributed by atoms with E-state index >= 15 is 0 Å². The van der Waals surface area contributed by atoms with Crippen molar-refractivity contribution in [2.24, 2.45) is 0 Å². The van der Waals surface area contributed by atoms with E-state index in [1.54, 1.807) is 14.0 Å². The Hall–Kier alpha value is 0.686. The van der Waals surface area contributed by atoms with Crippen molar-refractivity contribution in [3.63, 3.8) is 0 Å². The summed E-state index contributed by atoms with van der Waals surface area (Å²) in [6, 6.07) is 0. The van der Waals surface area contributed by atoms with Gasteiger partial charge in [0.1, 0.15) is 0 Å². The molecule has 0 aliphatic carbocycles. The van der Waals surface area contributed by atoms with E-state index in [2.05, 4.69) is 4.74 Å². The summed E-state index contributed by atoms with van der Waals surface area (Å²) in [6.07, 6.45) is -0.00926. The second-order valence-corrected chi connectivity index (χ2v) is 1.23. The fourth-order valence-electron chi connectivity index (χ4n) is 0.0745. The van der Waals surface area contributed by atoms with Crippen LogP contribution >= 0.6 is 0 Å². The van der Waals surface area contributed by atoms with Gasteiger partial charge in [0.05, 0.1) is 12.7 Å². The molecule has 0 saturated heterocycles. The van der Waals surface area contributed by atoms with Crippen LogP contribution in [0.3, 0.4) is 0 Å². The summed E-state index contributed by atoms with van der Waals surface area (Å²) >= 11 is 0. The molecule has 0 aliphatic rings. The molecule has 0 radical (unpaired) electrons. The summed E-state index contributed by atoms with van der Waals surface area (Å²) < 4.78 is 4.65. The van der Waals surface area contributed by atoms with Crippen molar-refractivity contribution in [3.05, 3.63) is 0 Å². The van der Waals surface area contributed by atoms with E-state index in [0.717, 1.165) is 0 Å². The molecule has 0 rings (SSSR count). The zero-order chi connectivity index (χ0) is 4.99. The normalized spacial score (nSPS) is 12.4. The Labute approximate surface area is 63.0 Å². The molecule has 0 aromatic rings. The Bertz CT molecular complexity index is 35.7. The van der Waals surface area contributed by atoms with Gasteiger partial charge in [-0.25, -0.2) is 0 Å². The largest absolute Gasteiger partial charge is 2.00 e. The van der Waals surface area contributed by atoms with Crippen LogP contribution in [0.1, 0.15) is 9.78 Å². The van der Waals surface area contributed by atoms with Gasteiger partial charge in [0, 0.05) is 7.11 Å². The van der Waals surface area contributed by atoms with E-state index in [4.69, 9.17) is 5.11 Å². The standard InChI is InChI=1S/C4H10O2.Mg.2H/c1-4(3-5)6-2;;;/h4-5H,3H2,1-2H3;;;/q;+2;2*-1. The molecule has 0 aliphatic heterocycles. The summed E-state index contributed by atoms with van der Waals surface area (Å²) in [7, 11) is 1.57. The molecule has 0 fully saturated rings. The van der Waals surface area contributed by atoms with Crippen molar-refractivity contribution >= 4 is 23.1 Å². The molecule has 0 aromatic carbocycles. The third-order valence-corrected chi connectivity index (χ3v) is 0.659. The molecule has 3 heteroatoms. The summed E-state index contributed by atoms with van der Waals surface area (Å²) in [5.74, 6) is 0. The summed E-state index contributed by atoms with van der Waals surface area (Å²) in [5, 5.41) is 8.21. The van der Waals surface area contributed by atoms with Crippen molar-refractivity contribution in [3.8, 4) is 0 Å². The van der Waals surface area contributed by atoms with Crippen LogP contribution in [-0.2, 0) is 4.74 Å². The summed E-state index contributed by atoms with van der Waals surface area (Å²) in [6.45, 7) is 1.91. The van der Waals surface area contributed by atoms with Crippen molar-refractivity contribution in [2.45, 2.75) is 13.0 Å². The number of aliphatic hydroxyl groups excluding tert-OH is 1. The maximum Gasteiger partial charge on any atom is 2.00 e. The average Bonchev–Trinajstić information content (AvgIpc) is 1.65. The topological polar surface area (TPSA) is 29.5 Å². The molecule has 0 amide bonds. The van der Waals surface area contributed by atoms with Crippen molar-refractivity contribution in [1.82, 2.24) is 0 Å². The molecule has 7 heavy (non-hydrogen) atoms. The Morgan fingerprint density at radius 2 is 2.29 bits per heavy atom. The molecular weight excluding hydrogens is 104 g/mol. The maximum atomic E-state index is 8.21. The van der Waals surface area contributed by atoms with Gasteiger partial charge in [0.15, 0.2) is 0 Å². The molecule has 0 heterocycles. The Morgan fingerprint density at radius 1 is 1.86 bits per heavy atom. The molecule has 0 spiro atoms. The number of aliphatic hydroxyl groups is 1. The maximum absolute atomic E-state index is 8.21. The first kappa shape index (κ1) is 10.6. The third-order valence-electron chi connectivity index (χ3n) is 0.659. The van der Waals surface area contributed by atoms with Crippen LogP contribution in [0.4, 0.5) is 0 Å². The minimum Gasteiger partial charge on any atom is -1.00 e. The number of ether oxygens (including phenoxy) is 1. The molecule has 0 bridgehead atoms. The van der Waals surface area contributed by atoms with Crippen LogP contribution in [0.5, 0.6) is 0 Å². The van der Waals surface area contributed by atoms with Crippen molar-refractivity contribution < 1.29 is 12.7 Å². The number of methoxy groups -OCH3 is 1. The Morgan fingerprint density at radius 3 is 2.29 bits per heavy atom. The predicted octanol–water partition coefficient (Wildman–Crippen LogP) is -0.142. The van der Waals surface area contributed by atoms with E-state index < -0.39 is 0 Å². The van der Waals surface area contributed by atoms with Gasteiger partial charge in [0.2, 0.25) is 0 Å². The van der Waals surface area contributed by atoms with Crippen LogP contribution in [-0.4, -0.2) is 48.0 Å². The zero-order valence-corrected chi connectivity index (χ0v) is 6.26. The van der Waals surface area contributed by atoms with Crippen molar-refractivity contribution in [2.75, 3.05) is 13.7 Å². The SMILES string of the molecule is COC(C)CO.[H-].[H-].[Mg+2]. The van der Waals surface area contributed by atoms with Gasteiger partial charge in [-0.3, -0.25) is 0 Å².